The largest absolute Gasteiger partial charge is 0.374 e. The van der Waals surface area contributed by atoms with Crippen molar-refractivity contribution in [1.82, 2.24) is 0 Å². The highest BCUT2D eigenvalue weighted by atomic mass is 16.5. The first-order valence-electron chi connectivity index (χ1n) is 4.64. The van der Waals surface area contributed by atoms with Crippen LogP contribution in [0.25, 0.3) is 0 Å². The lowest BCUT2D eigenvalue weighted by Gasteiger charge is -2.07. The third-order valence-electron chi connectivity index (χ3n) is 1.75. The van der Waals surface area contributed by atoms with E-state index >= 15 is 0 Å². The average Bonchev–Trinajstić information content (AvgIpc) is 2.42. The average molecular weight is 156 g/mol. The van der Waals surface area contributed by atoms with Gasteiger partial charge in [-0.1, -0.05) is 33.8 Å². The molecule has 1 atom stereocenters. The number of ether oxygens (including phenoxy) is 1. The van der Waals surface area contributed by atoms with Crippen molar-refractivity contribution in [1.29, 1.82) is 0 Å². The van der Waals surface area contributed by atoms with E-state index in [9.17, 15) is 0 Å². The molecule has 1 aliphatic rings. The van der Waals surface area contributed by atoms with Gasteiger partial charge in [0.05, 0.1) is 12.7 Å². The fourth-order valence-electron chi connectivity index (χ4n) is 1.16. The van der Waals surface area contributed by atoms with Gasteiger partial charge in [0.1, 0.15) is 0 Å². The van der Waals surface area contributed by atoms with Gasteiger partial charge in [0.2, 0.25) is 0 Å². The molecule has 0 radical (unpaired) electrons. The Morgan fingerprint density at radius 2 is 2.18 bits per heavy atom. The molecule has 11 heavy (non-hydrogen) atoms. The maximum atomic E-state index is 5.41. The summed E-state index contributed by atoms with van der Waals surface area (Å²) in [6.07, 6.45) is 3.81. The molecule has 0 aromatic rings. The molecule has 1 nitrogen and oxygen atoms in total. The summed E-state index contributed by atoms with van der Waals surface area (Å²) in [6.45, 7) is 11.0. The van der Waals surface area contributed by atoms with Crippen molar-refractivity contribution in [3.05, 3.63) is 12.2 Å². The first-order chi connectivity index (χ1) is 5.34. The fraction of sp³-hybridized carbons (Fsp3) is 0.800. The smallest absolute Gasteiger partial charge is 0.0783 e. The van der Waals surface area contributed by atoms with Crippen molar-refractivity contribution in [2.24, 2.45) is 0 Å². The van der Waals surface area contributed by atoms with Gasteiger partial charge in [-0.2, -0.15) is 0 Å². The Balaban J connectivity index is 0.000000461. The minimum absolute atomic E-state index is 0.384. The zero-order valence-electron chi connectivity index (χ0n) is 8.02. The molecule has 0 saturated carbocycles. The van der Waals surface area contributed by atoms with E-state index in [4.69, 9.17) is 4.74 Å². The van der Waals surface area contributed by atoms with E-state index in [0.717, 1.165) is 19.4 Å². The molecule has 1 fully saturated rings. The molecule has 1 saturated heterocycles. The van der Waals surface area contributed by atoms with Gasteiger partial charge in [0.25, 0.3) is 0 Å². The normalized spacial score (nSPS) is 22.8. The van der Waals surface area contributed by atoms with Gasteiger partial charge in [0, 0.05) is 0 Å². The van der Waals surface area contributed by atoms with Crippen LogP contribution in [0.2, 0.25) is 0 Å². The Hall–Kier alpha value is -0.300. The van der Waals surface area contributed by atoms with Gasteiger partial charge in [-0.25, -0.2) is 0 Å². The number of rotatable bonds is 2. The van der Waals surface area contributed by atoms with E-state index in [1.165, 1.54) is 12.0 Å². The van der Waals surface area contributed by atoms with Gasteiger partial charge in [-0.05, 0) is 18.4 Å². The van der Waals surface area contributed by atoms with Crippen molar-refractivity contribution < 1.29 is 4.74 Å². The van der Waals surface area contributed by atoms with Crippen molar-refractivity contribution in [3.8, 4) is 0 Å². The summed E-state index contributed by atoms with van der Waals surface area (Å²) in [5.74, 6) is 0. The molecule has 0 amide bonds. The van der Waals surface area contributed by atoms with Crippen LogP contribution < -0.4 is 0 Å². The molecule has 1 aliphatic heterocycles. The highest BCUT2D eigenvalue weighted by Crippen LogP contribution is 2.21. The Morgan fingerprint density at radius 3 is 2.55 bits per heavy atom. The molecular formula is C10H20O. The highest BCUT2D eigenvalue weighted by molar-refractivity contribution is 5.05. The summed E-state index contributed by atoms with van der Waals surface area (Å²) in [6, 6.07) is 0. The minimum atomic E-state index is 0.384. The topological polar surface area (TPSA) is 9.23 Å². The Bertz CT molecular complexity index is 107. The zero-order valence-corrected chi connectivity index (χ0v) is 8.02. The molecule has 0 bridgehead atoms. The quantitative estimate of drug-likeness (QED) is 0.558. The summed E-state index contributed by atoms with van der Waals surface area (Å²) in [5, 5.41) is 0. The second kappa shape index (κ2) is 6.41. The van der Waals surface area contributed by atoms with E-state index in [2.05, 4.69) is 13.5 Å². The zero-order chi connectivity index (χ0) is 8.69. The Kier molecular flexibility index (Phi) is 6.24. The maximum Gasteiger partial charge on any atom is 0.0783 e. The third kappa shape index (κ3) is 3.57. The first kappa shape index (κ1) is 10.7. The van der Waals surface area contributed by atoms with Crippen LogP contribution in [0.1, 0.15) is 40.0 Å². The Morgan fingerprint density at radius 1 is 1.55 bits per heavy atom. The molecule has 66 valence electrons. The summed E-state index contributed by atoms with van der Waals surface area (Å²) >= 11 is 0. The molecule has 1 heterocycles. The molecule has 0 spiro atoms. The van der Waals surface area contributed by atoms with Crippen LogP contribution in [0.15, 0.2) is 12.2 Å². The lowest BCUT2D eigenvalue weighted by molar-refractivity contribution is 0.117. The van der Waals surface area contributed by atoms with Crippen LogP contribution in [0.4, 0.5) is 0 Å². The predicted octanol–water partition coefficient (Wildman–Crippen LogP) is 3.16. The van der Waals surface area contributed by atoms with Gasteiger partial charge in [-0.3, -0.25) is 0 Å². The second-order valence-electron chi connectivity index (χ2n) is 2.56. The molecule has 1 heteroatoms. The van der Waals surface area contributed by atoms with Gasteiger partial charge in [0.15, 0.2) is 0 Å². The summed E-state index contributed by atoms with van der Waals surface area (Å²) in [7, 11) is 0. The molecule has 1 unspecified atom stereocenters. The molecule has 0 N–H and O–H groups in total. The van der Waals surface area contributed by atoms with Crippen LogP contribution >= 0.6 is 0 Å². The van der Waals surface area contributed by atoms with Gasteiger partial charge >= 0.3 is 0 Å². The molecular weight excluding hydrogens is 136 g/mol. The SMILES string of the molecule is C=C1CCOC1CCC.CC. The monoisotopic (exact) mass is 156 g/mol. The molecule has 0 aliphatic carbocycles. The molecule has 0 aromatic carbocycles. The van der Waals surface area contributed by atoms with Crippen LogP contribution in [0.5, 0.6) is 0 Å². The van der Waals surface area contributed by atoms with Crippen LogP contribution in [-0.2, 0) is 4.74 Å². The van der Waals surface area contributed by atoms with Crippen LogP contribution in [-0.4, -0.2) is 12.7 Å². The van der Waals surface area contributed by atoms with E-state index in [0.29, 0.717) is 6.10 Å². The fourth-order valence-corrected chi connectivity index (χ4v) is 1.16. The first-order valence-corrected chi connectivity index (χ1v) is 4.64. The molecule has 0 aromatic heterocycles. The number of hydrogen-bond acceptors (Lipinski definition) is 1. The number of hydrogen-bond donors (Lipinski definition) is 0. The van der Waals surface area contributed by atoms with Crippen molar-refractivity contribution in [3.63, 3.8) is 0 Å². The summed E-state index contributed by atoms with van der Waals surface area (Å²) < 4.78 is 5.41. The highest BCUT2D eigenvalue weighted by Gasteiger charge is 2.17. The standard InChI is InChI=1S/C8H14O.C2H6/c1-3-4-8-7(2)5-6-9-8;1-2/h8H,2-6H2,1H3;1-2H3. The predicted molar refractivity (Wildman–Crippen MR) is 49.8 cm³/mol. The van der Waals surface area contributed by atoms with E-state index in [-0.39, 0.29) is 0 Å². The van der Waals surface area contributed by atoms with Crippen LogP contribution in [0.3, 0.4) is 0 Å². The van der Waals surface area contributed by atoms with E-state index < -0.39 is 0 Å². The van der Waals surface area contributed by atoms with Gasteiger partial charge in [-0.15, -0.1) is 0 Å². The second-order valence-corrected chi connectivity index (χ2v) is 2.56. The maximum absolute atomic E-state index is 5.41. The lowest BCUT2D eigenvalue weighted by atomic mass is 10.1. The van der Waals surface area contributed by atoms with Gasteiger partial charge < -0.3 is 4.74 Å². The summed E-state index contributed by atoms with van der Waals surface area (Å²) in [4.78, 5) is 0. The Labute approximate surface area is 70.4 Å². The molecule has 1 rings (SSSR count). The lowest BCUT2D eigenvalue weighted by Crippen LogP contribution is -2.05. The third-order valence-corrected chi connectivity index (χ3v) is 1.75. The van der Waals surface area contributed by atoms with Crippen LogP contribution in [0, 0.1) is 0 Å². The van der Waals surface area contributed by atoms with Crippen molar-refractivity contribution in [2.75, 3.05) is 6.61 Å². The van der Waals surface area contributed by atoms with E-state index in [1.807, 2.05) is 13.8 Å². The summed E-state index contributed by atoms with van der Waals surface area (Å²) in [5.41, 5.74) is 1.29. The van der Waals surface area contributed by atoms with E-state index in [1.54, 1.807) is 0 Å². The van der Waals surface area contributed by atoms with Crippen molar-refractivity contribution in [2.45, 2.75) is 46.1 Å². The van der Waals surface area contributed by atoms with Crippen molar-refractivity contribution >= 4 is 0 Å². The minimum Gasteiger partial charge on any atom is -0.374 e.